The molecule has 2 nitrogen and oxygen atoms in total. The van der Waals surface area contributed by atoms with E-state index in [1.807, 2.05) is 31.7 Å². The van der Waals surface area contributed by atoms with E-state index in [-0.39, 0.29) is 0 Å². The molecule has 0 rings (SSSR count). The molecular formula is C6H13N2+. The molecule has 0 heterocycles. The highest BCUT2D eigenvalue weighted by molar-refractivity contribution is 5.74. The summed E-state index contributed by atoms with van der Waals surface area (Å²) < 4.78 is 1.97. The molecule has 8 heavy (non-hydrogen) atoms. The lowest BCUT2D eigenvalue weighted by Crippen LogP contribution is -2.12. The lowest BCUT2D eigenvalue weighted by atomic mass is 10.6. The van der Waals surface area contributed by atoms with Crippen molar-refractivity contribution in [3.8, 4) is 0 Å². The molecule has 0 aliphatic heterocycles. The lowest BCUT2D eigenvalue weighted by molar-refractivity contribution is -0.367. The van der Waals surface area contributed by atoms with E-state index in [9.17, 15) is 0 Å². The predicted molar refractivity (Wildman–Crippen MR) is 37.0 cm³/mol. The largest absolute Gasteiger partial charge is 0.288 e. The van der Waals surface area contributed by atoms with Crippen molar-refractivity contribution in [2.45, 2.75) is 13.8 Å². The van der Waals surface area contributed by atoms with Crippen LogP contribution >= 0.6 is 0 Å². The maximum atomic E-state index is 3.97. The van der Waals surface area contributed by atoms with Crippen LogP contribution in [-0.4, -0.2) is 30.7 Å². The highest BCUT2D eigenvalue weighted by Gasteiger charge is 1.94. The molecule has 0 aromatic carbocycles. The highest BCUT2D eigenvalue weighted by Crippen LogP contribution is 1.72. The number of aliphatic imine (C=N–C) groups is 1. The fraction of sp³-hybridized carbons (Fsp3) is 0.667. The van der Waals surface area contributed by atoms with Gasteiger partial charge in [0.05, 0.1) is 13.3 Å². The first-order valence-corrected chi connectivity index (χ1v) is 2.68. The van der Waals surface area contributed by atoms with E-state index >= 15 is 0 Å². The Hall–Kier alpha value is -0.660. The fourth-order valence-electron chi connectivity index (χ4n) is 0.345. The molecule has 0 aromatic rings. The summed E-state index contributed by atoms with van der Waals surface area (Å²) in [5.74, 6) is 1.03. The lowest BCUT2D eigenvalue weighted by Gasteiger charge is -1.89. The molecule has 0 amide bonds. The van der Waals surface area contributed by atoms with Crippen LogP contribution < -0.4 is 0 Å². The third-order valence-electron chi connectivity index (χ3n) is 1.22. The summed E-state index contributed by atoms with van der Waals surface area (Å²) in [6, 6.07) is 0. The van der Waals surface area contributed by atoms with E-state index < -0.39 is 0 Å². The predicted octanol–water partition coefficient (Wildman–Crippen LogP) is 0.768. The average Bonchev–Trinajstić information content (AvgIpc) is 1.84. The summed E-state index contributed by atoms with van der Waals surface area (Å²) in [5.41, 5.74) is 0. The Bertz CT molecular complexity index is 106. The zero-order valence-corrected chi connectivity index (χ0v) is 5.97. The number of nitrogens with zero attached hydrogens (tertiary/aromatic N) is 2. The van der Waals surface area contributed by atoms with Crippen molar-refractivity contribution in [2.75, 3.05) is 14.1 Å². The van der Waals surface area contributed by atoms with Gasteiger partial charge in [0.25, 0.3) is 5.84 Å². The summed E-state index contributed by atoms with van der Waals surface area (Å²) in [6.45, 7) is 3.95. The van der Waals surface area contributed by atoms with Crippen LogP contribution in [0.2, 0.25) is 0 Å². The van der Waals surface area contributed by atoms with Crippen molar-refractivity contribution in [3.63, 3.8) is 0 Å². The maximum Gasteiger partial charge on any atom is 0.288 e. The molecule has 0 unspecified atom stereocenters. The monoisotopic (exact) mass is 113 g/mol. The zero-order chi connectivity index (χ0) is 6.57. The molecule has 0 aliphatic carbocycles. The quantitative estimate of drug-likeness (QED) is 0.250. The summed E-state index contributed by atoms with van der Waals surface area (Å²) in [5, 5.41) is 0. The minimum atomic E-state index is 1.03. The Balaban J connectivity index is 4.04. The van der Waals surface area contributed by atoms with E-state index in [4.69, 9.17) is 0 Å². The Morgan fingerprint density at radius 1 is 1.62 bits per heavy atom. The number of hydrogen-bond donors (Lipinski definition) is 0. The molecule has 0 bridgehead atoms. The van der Waals surface area contributed by atoms with Crippen molar-refractivity contribution < 1.29 is 4.58 Å². The molecule has 0 saturated heterocycles. The van der Waals surface area contributed by atoms with Gasteiger partial charge in [0, 0.05) is 6.92 Å². The van der Waals surface area contributed by atoms with Gasteiger partial charge in [0.15, 0.2) is 0 Å². The minimum absolute atomic E-state index is 1.03. The van der Waals surface area contributed by atoms with Gasteiger partial charge in [-0.2, -0.15) is 0 Å². The Morgan fingerprint density at radius 3 is 2.25 bits per heavy atom. The van der Waals surface area contributed by atoms with Gasteiger partial charge in [-0.15, -0.1) is 0 Å². The molecule has 0 aromatic heterocycles. The van der Waals surface area contributed by atoms with Gasteiger partial charge in [-0.3, -0.25) is 0 Å². The minimum Gasteiger partial charge on any atom is -0.242 e. The molecule has 0 N–H and O–H groups in total. The molecule has 0 atom stereocenters. The zero-order valence-electron chi connectivity index (χ0n) is 5.97. The molecule has 0 saturated carbocycles. The number of rotatable bonds is 0. The SMILES string of the molecule is CC=[N+](C)C(C)=NC. The second-order valence-corrected chi connectivity index (χ2v) is 1.64. The number of amidine groups is 1. The molecule has 0 spiro atoms. The third-order valence-corrected chi connectivity index (χ3v) is 1.22. The molecule has 2 heteroatoms. The topological polar surface area (TPSA) is 15.4 Å². The summed E-state index contributed by atoms with van der Waals surface area (Å²) >= 11 is 0. The van der Waals surface area contributed by atoms with Gasteiger partial charge < -0.3 is 0 Å². The summed E-state index contributed by atoms with van der Waals surface area (Å²) in [4.78, 5) is 3.97. The molecule has 0 aliphatic rings. The van der Waals surface area contributed by atoms with E-state index in [0.29, 0.717) is 0 Å². The van der Waals surface area contributed by atoms with Crippen LogP contribution in [0.4, 0.5) is 0 Å². The van der Waals surface area contributed by atoms with Crippen molar-refractivity contribution in [2.24, 2.45) is 4.99 Å². The van der Waals surface area contributed by atoms with E-state index in [1.54, 1.807) is 7.05 Å². The smallest absolute Gasteiger partial charge is 0.242 e. The van der Waals surface area contributed by atoms with Gasteiger partial charge >= 0.3 is 0 Å². The first-order valence-electron chi connectivity index (χ1n) is 2.68. The Labute approximate surface area is 50.6 Å². The molecule has 0 fully saturated rings. The van der Waals surface area contributed by atoms with Crippen molar-refractivity contribution in [1.82, 2.24) is 0 Å². The third kappa shape index (κ3) is 1.87. The van der Waals surface area contributed by atoms with Crippen LogP contribution in [0.25, 0.3) is 0 Å². The van der Waals surface area contributed by atoms with Crippen LogP contribution in [0.1, 0.15) is 13.8 Å². The van der Waals surface area contributed by atoms with Crippen LogP contribution in [0.5, 0.6) is 0 Å². The Kier molecular flexibility index (Phi) is 3.08. The van der Waals surface area contributed by atoms with E-state index in [1.165, 1.54) is 0 Å². The first-order chi connectivity index (χ1) is 3.72. The second kappa shape index (κ2) is 3.36. The van der Waals surface area contributed by atoms with Gasteiger partial charge in [-0.25, -0.2) is 4.58 Å². The molecule has 0 radical (unpaired) electrons. The van der Waals surface area contributed by atoms with Crippen molar-refractivity contribution >= 4 is 12.1 Å². The van der Waals surface area contributed by atoms with Crippen molar-refractivity contribution in [1.29, 1.82) is 0 Å². The van der Waals surface area contributed by atoms with Crippen LogP contribution in [0.3, 0.4) is 0 Å². The normalized spacial score (nSPS) is 14.5. The van der Waals surface area contributed by atoms with Crippen LogP contribution in [0, 0.1) is 0 Å². The van der Waals surface area contributed by atoms with Gasteiger partial charge in [-0.1, -0.05) is 4.99 Å². The van der Waals surface area contributed by atoms with Crippen LogP contribution in [0.15, 0.2) is 4.99 Å². The Morgan fingerprint density at radius 2 is 2.12 bits per heavy atom. The average molecular weight is 113 g/mol. The van der Waals surface area contributed by atoms with Gasteiger partial charge in [0.2, 0.25) is 0 Å². The maximum absolute atomic E-state index is 3.97. The number of hydrogen-bond acceptors (Lipinski definition) is 1. The van der Waals surface area contributed by atoms with E-state index in [2.05, 4.69) is 4.99 Å². The van der Waals surface area contributed by atoms with Gasteiger partial charge in [0.1, 0.15) is 7.05 Å². The second-order valence-electron chi connectivity index (χ2n) is 1.64. The molecular weight excluding hydrogens is 100 g/mol. The van der Waals surface area contributed by atoms with Crippen molar-refractivity contribution in [3.05, 3.63) is 0 Å². The standard InChI is InChI=1S/C6H13N2/c1-5-8(4)6(2)7-3/h5H,1-4H3/q+1. The highest BCUT2D eigenvalue weighted by atomic mass is 15.0. The fourth-order valence-corrected chi connectivity index (χ4v) is 0.345. The van der Waals surface area contributed by atoms with E-state index in [0.717, 1.165) is 5.84 Å². The summed E-state index contributed by atoms with van der Waals surface area (Å²) in [6.07, 6.45) is 1.97. The summed E-state index contributed by atoms with van der Waals surface area (Å²) in [7, 11) is 3.76. The first kappa shape index (κ1) is 7.34. The van der Waals surface area contributed by atoms with Crippen LogP contribution in [-0.2, 0) is 0 Å². The molecule has 46 valence electrons. The van der Waals surface area contributed by atoms with Gasteiger partial charge in [-0.05, 0) is 6.92 Å².